The highest BCUT2D eigenvalue weighted by atomic mass is 16.4. The molecule has 3 atom stereocenters. The van der Waals surface area contributed by atoms with Crippen molar-refractivity contribution in [3.63, 3.8) is 0 Å². The Morgan fingerprint density at radius 1 is 0.949 bits per heavy atom. The topological polar surface area (TPSA) is 151 Å². The Balaban J connectivity index is 1.20. The Bertz CT molecular complexity index is 1060. The van der Waals surface area contributed by atoms with Gasteiger partial charge in [0.2, 0.25) is 11.8 Å². The number of likely N-dealkylation sites (tertiary alicyclic amines) is 2. The molecule has 0 aromatic heterocycles. The molecule has 0 bridgehead atoms. The van der Waals surface area contributed by atoms with Crippen LogP contribution in [-0.2, 0) is 20.8 Å². The van der Waals surface area contributed by atoms with E-state index in [0.29, 0.717) is 39.0 Å². The summed E-state index contributed by atoms with van der Waals surface area (Å²) >= 11 is 0. The van der Waals surface area contributed by atoms with Crippen molar-refractivity contribution in [1.29, 1.82) is 5.41 Å². The van der Waals surface area contributed by atoms with Gasteiger partial charge in [-0.3, -0.25) is 15.0 Å². The summed E-state index contributed by atoms with van der Waals surface area (Å²) in [5, 5.41) is 17.5. The number of carboxylic acid groups (broad SMARTS) is 1. The molecule has 1 aromatic carbocycles. The van der Waals surface area contributed by atoms with Gasteiger partial charge in [-0.2, -0.15) is 0 Å². The van der Waals surface area contributed by atoms with Crippen LogP contribution in [0, 0.1) is 17.2 Å². The third kappa shape index (κ3) is 6.88. The van der Waals surface area contributed by atoms with Crippen LogP contribution in [0.3, 0.4) is 0 Å². The molecule has 0 radical (unpaired) electrons. The minimum absolute atomic E-state index is 0.0214. The van der Waals surface area contributed by atoms with E-state index in [4.69, 9.17) is 11.1 Å². The van der Waals surface area contributed by atoms with E-state index >= 15 is 0 Å². The Labute approximate surface area is 229 Å². The number of amides is 4. The number of carbonyl (C=O) groups excluding carboxylic acids is 3. The number of benzene rings is 1. The summed E-state index contributed by atoms with van der Waals surface area (Å²) < 4.78 is 0. The number of aliphatic carboxylic acids is 1. The number of nitrogens with one attached hydrogen (secondary N) is 1. The lowest BCUT2D eigenvalue weighted by molar-refractivity contribution is -0.167. The molecule has 3 heterocycles. The van der Waals surface area contributed by atoms with Gasteiger partial charge in [-0.25, -0.2) is 14.5 Å². The zero-order chi connectivity index (χ0) is 27.9. The quantitative estimate of drug-likeness (QED) is 0.187. The minimum Gasteiger partial charge on any atom is -0.480 e. The van der Waals surface area contributed by atoms with Crippen LogP contribution in [0.1, 0.15) is 50.5 Å². The van der Waals surface area contributed by atoms with Crippen LogP contribution < -0.4 is 5.73 Å². The molecular weight excluding hydrogens is 500 g/mol. The fraction of sp³-hybridized carbons (Fsp3) is 0.607. The predicted molar refractivity (Wildman–Crippen MR) is 145 cm³/mol. The molecule has 0 saturated carbocycles. The van der Waals surface area contributed by atoms with E-state index in [1.807, 2.05) is 18.2 Å². The van der Waals surface area contributed by atoms with Gasteiger partial charge in [-0.05, 0) is 50.0 Å². The third-order valence-electron chi connectivity index (χ3n) is 8.22. The number of rotatable bonds is 9. The Morgan fingerprint density at radius 2 is 1.64 bits per heavy atom. The first-order valence-corrected chi connectivity index (χ1v) is 14.0. The van der Waals surface area contributed by atoms with Gasteiger partial charge in [-0.1, -0.05) is 36.8 Å². The lowest BCUT2D eigenvalue weighted by Crippen LogP contribution is -2.70. The van der Waals surface area contributed by atoms with E-state index in [9.17, 15) is 24.3 Å². The van der Waals surface area contributed by atoms with E-state index in [1.165, 1.54) is 10.5 Å². The third-order valence-corrected chi connectivity index (χ3v) is 8.22. The van der Waals surface area contributed by atoms with E-state index in [0.717, 1.165) is 43.4 Å². The first kappa shape index (κ1) is 28.4. The number of guanidine groups is 1. The number of imide groups is 1. The molecule has 4 amide bonds. The second kappa shape index (κ2) is 12.9. The normalized spacial score (nSPS) is 23.4. The second-order valence-corrected chi connectivity index (χ2v) is 10.9. The van der Waals surface area contributed by atoms with E-state index in [2.05, 4.69) is 12.1 Å². The average molecular weight is 541 g/mol. The van der Waals surface area contributed by atoms with Crippen LogP contribution >= 0.6 is 0 Å². The van der Waals surface area contributed by atoms with Crippen molar-refractivity contribution in [3.8, 4) is 0 Å². The van der Waals surface area contributed by atoms with E-state index in [1.54, 1.807) is 9.80 Å². The highest BCUT2D eigenvalue weighted by Gasteiger charge is 2.56. The standard InChI is InChI=1S/C28H40N6O5/c29-27(30)33-13-7-11-21(19-33)18-22-24(26(37)38)34(25(22)36)28(39)32-16-14-31(15-17-32)23(35)12-6-2-5-10-20-8-3-1-4-9-20/h1,3-4,8-9,21-22,24H,2,5-7,10-19H2,(H3,29,30)(H,37,38). The van der Waals surface area contributed by atoms with E-state index in [-0.39, 0.29) is 30.9 Å². The number of aryl methyl sites for hydroxylation is 1. The van der Waals surface area contributed by atoms with Crippen molar-refractivity contribution in [3.05, 3.63) is 35.9 Å². The van der Waals surface area contributed by atoms with Crippen LogP contribution in [-0.4, -0.2) is 99.8 Å². The number of unbranched alkanes of at least 4 members (excludes halogenated alkanes) is 2. The van der Waals surface area contributed by atoms with Gasteiger partial charge in [0.1, 0.15) is 0 Å². The number of urea groups is 1. The molecule has 3 unspecified atom stereocenters. The summed E-state index contributed by atoms with van der Waals surface area (Å²) in [6.45, 7) is 2.50. The maximum absolute atomic E-state index is 13.1. The van der Waals surface area contributed by atoms with Gasteiger partial charge in [0, 0.05) is 45.7 Å². The minimum atomic E-state index is -1.19. The Morgan fingerprint density at radius 3 is 2.31 bits per heavy atom. The molecule has 0 aliphatic carbocycles. The van der Waals surface area contributed by atoms with Crippen molar-refractivity contribution in [1.82, 2.24) is 19.6 Å². The molecule has 4 N–H and O–H groups in total. The molecule has 212 valence electrons. The van der Waals surface area contributed by atoms with Gasteiger partial charge < -0.3 is 25.5 Å². The second-order valence-electron chi connectivity index (χ2n) is 10.9. The lowest BCUT2D eigenvalue weighted by Gasteiger charge is -2.47. The highest BCUT2D eigenvalue weighted by Crippen LogP contribution is 2.36. The maximum atomic E-state index is 13.1. The molecule has 0 spiro atoms. The molecule has 11 nitrogen and oxygen atoms in total. The van der Waals surface area contributed by atoms with Crippen LogP contribution in [0.15, 0.2) is 30.3 Å². The lowest BCUT2D eigenvalue weighted by atomic mass is 9.78. The number of carbonyl (C=O) groups is 4. The van der Waals surface area contributed by atoms with Crippen LogP contribution in [0.4, 0.5) is 4.79 Å². The number of nitrogens with zero attached hydrogens (tertiary/aromatic N) is 4. The van der Waals surface area contributed by atoms with Gasteiger partial charge in [0.15, 0.2) is 12.0 Å². The largest absolute Gasteiger partial charge is 0.480 e. The summed E-state index contributed by atoms with van der Waals surface area (Å²) in [5.41, 5.74) is 6.90. The first-order chi connectivity index (χ1) is 18.8. The first-order valence-electron chi connectivity index (χ1n) is 14.0. The number of piperidine rings is 1. The summed E-state index contributed by atoms with van der Waals surface area (Å²) in [6.07, 6.45) is 6.31. The van der Waals surface area contributed by atoms with Crippen molar-refractivity contribution in [2.24, 2.45) is 17.6 Å². The zero-order valence-electron chi connectivity index (χ0n) is 22.5. The monoisotopic (exact) mass is 540 g/mol. The van der Waals surface area contributed by atoms with Gasteiger partial charge in [0.05, 0.1) is 5.92 Å². The molecule has 4 rings (SSSR count). The number of β-lactam (4-membered cyclic amide) rings is 1. The number of piperazine rings is 1. The molecule has 3 aliphatic rings. The summed E-state index contributed by atoms with van der Waals surface area (Å²) in [7, 11) is 0. The van der Waals surface area contributed by atoms with Gasteiger partial charge in [0.25, 0.3) is 0 Å². The zero-order valence-corrected chi connectivity index (χ0v) is 22.5. The van der Waals surface area contributed by atoms with Crippen molar-refractivity contribution in [2.75, 3.05) is 39.3 Å². The molecule has 1 aromatic rings. The van der Waals surface area contributed by atoms with E-state index < -0.39 is 29.9 Å². The highest BCUT2D eigenvalue weighted by molar-refractivity contribution is 6.07. The molecular formula is C28H40N6O5. The maximum Gasteiger partial charge on any atom is 0.327 e. The van der Waals surface area contributed by atoms with Crippen molar-refractivity contribution < 1.29 is 24.3 Å². The molecule has 39 heavy (non-hydrogen) atoms. The predicted octanol–water partition coefficient (Wildman–Crippen LogP) is 1.96. The number of hydrogen-bond donors (Lipinski definition) is 3. The van der Waals surface area contributed by atoms with Crippen LogP contribution in [0.5, 0.6) is 0 Å². The Hall–Kier alpha value is -3.63. The summed E-state index contributed by atoms with van der Waals surface area (Å²) in [4.78, 5) is 56.6. The molecule has 3 fully saturated rings. The smallest absolute Gasteiger partial charge is 0.327 e. The van der Waals surface area contributed by atoms with Crippen molar-refractivity contribution in [2.45, 2.75) is 57.4 Å². The summed E-state index contributed by atoms with van der Waals surface area (Å²) in [6, 6.07) is 8.50. The SMILES string of the molecule is N=C(N)N1CCCC(CC2C(=O)N(C(=O)N3CCN(C(=O)CCCCCc4ccccc4)CC3)C2C(=O)O)C1. The molecule has 11 heteroatoms. The van der Waals surface area contributed by atoms with Crippen molar-refractivity contribution >= 4 is 29.8 Å². The van der Waals surface area contributed by atoms with Crippen LogP contribution in [0.25, 0.3) is 0 Å². The number of hydrogen-bond acceptors (Lipinski definition) is 5. The molecule has 3 aliphatic heterocycles. The molecule has 3 saturated heterocycles. The fourth-order valence-electron chi connectivity index (χ4n) is 5.99. The fourth-order valence-corrected chi connectivity index (χ4v) is 5.99. The van der Waals surface area contributed by atoms with Crippen LogP contribution in [0.2, 0.25) is 0 Å². The summed E-state index contributed by atoms with van der Waals surface area (Å²) in [5.74, 6) is -2.31. The van der Waals surface area contributed by atoms with Gasteiger partial charge >= 0.3 is 12.0 Å². The number of carboxylic acids is 1. The number of nitrogens with two attached hydrogens (primary N) is 1. The average Bonchev–Trinajstić information content (AvgIpc) is 2.94. The Kier molecular flexibility index (Phi) is 9.42. The van der Waals surface area contributed by atoms with Gasteiger partial charge in [-0.15, -0.1) is 0 Å².